The van der Waals surface area contributed by atoms with Crippen LogP contribution in [0.2, 0.25) is 0 Å². The van der Waals surface area contributed by atoms with Crippen LogP contribution in [0.15, 0.2) is 64.3 Å². The Labute approximate surface area is 155 Å². The summed E-state index contributed by atoms with van der Waals surface area (Å²) in [5.41, 5.74) is 4.40. The summed E-state index contributed by atoms with van der Waals surface area (Å²) in [6.07, 6.45) is 0.933. The highest BCUT2D eigenvalue weighted by atomic mass is 32.2. The maximum Gasteiger partial charge on any atom is 0.237 e. The molecule has 1 aromatic heterocycles. The van der Waals surface area contributed by atoms with Crippen molar-refractivity contribution in [3.8, 4) is 11.3 Å². The molecule has 0 bridgehead atoms. The predicted octanol–water partition coefficient (Wildman–Crippen LogP) is 4.88. The fourth-order valence-electron chi connectivity index (χ4n) is 3.20. The van der Waals surface area contributed by atoms with Gasteiger partial charge in [0.15, 0.2) is 4.34 Å². The van der Waals surface area contributed by atoms with Crippen LogP contribution < -0.4 is 4.90 Å². The van der Waals surface area contributed by atoms with Crippen LogP contribution in [0.3, 0.4) is 0 Å². The Morgan fingerprint density at radius 2 is 1.96 bits per heavy atom. The number of hydrogen-bond acceptors (Lipinski definition) is 4. The van der Waals surface area contributed by atoms with Gasteiger partial charge in [-0.05, 0) is 25.0 Å². The molecule has 4 rings (SSSR count). The topological polar surface area (TPSA) is 33.2 Å². The third-order valence-electron chi connectivity index (χ3n) is 4.35. The van der Waals surface area contributed by atoms with Gasteiger partial charge in [-0.25, -0.2) is 4.98 Å². The van der Waals surface area contributed by atoms with Gasteiger partial charge in [-0.15, -0.1) is 11.3 Å². The zero-order valence-electron chi connectivity index (χ0n) is 13.9. The first-order valence-electron chi connectivity index (χ1n) is 8.26. The third-order valence-corrected chi connectivity index (χ3v) is 6.35. The molecule has 0 saturated carbocycles. The van der Waals surface area contributed by atoms with Crippen molar-refractivity contribution in [2.75, 3.05) is 10.7 Å². The summed E-state index contributed by atoms with van der Waals surface area (Å²) in [6.45, 7) is 2.11. The Morgan fingerprint density at radius 3 is 2.80 bits per heavy atom. The highest BCUT2D eigenvalue weighted by Gasteiger charge is 2.30. The van der Waals surface area contributed by atoms with Crippen molar-refractivity contribution in [3.63, 3.8) is 0 Å². The smallest absolute Gasteiger partial charge is 0.237 e. The van der Waals surface area contributed by atoms with Gasteiger partial charge in [-0.2, -0.15) is 0 Å². The van der Waals surface area contributed by atoms with E-state index in [1.165, 1.54) is 17.3 Å². The quantitative estimate of drug-likeness (QED) is 0.617. The van der Waals surface area contributed by atoms with Crippen LogP contribution in [0, 0.1) is 0 Å². The Bertz CT molecular complexity index is 891. The fraction of sp³-hybridized carbons (Fsp3) is 0.200. The minimum Gasteiger partial charge on any atom is -0.308 e. The number of anilines is 1. The molecule has 25 heavy (non-hydrogen) atoms. The third kappa shape index (κ3) is 3.34. The van der Waals surface area contributed by atoms with Crippen molar-refractivity contribution in [2.45, 2.75) is 23.7 Å². The highest BCUT2D eigenvalue weighted by molar-refractivity contribution is 8.01. The largest absolute Gasteiger partial charge is 0.308 e. The minimum absolute atomic E-state index is 0.152. The van der Waals surface area contributed by atoms with E-state index >= 15 is 0 Å². The first kappa shape index (κ1) is 16.4. The van der Waals surface area contributed by atoms with Gasteiger partial charge in [0.2, 0.25) is 5.91 Å². The highest BCUT2D eigenvalue weighted by Crippen LogP contribution is 2.33. The zero-order chi connectivity index (χ0) is 17.2. The Morgan fingerprint density at radius 1 is 1.20 bits per heavy atom. The summed E-state index contributed by atoms with van der Waals surface area (Å²) in [5.74, 6) is 0.569. The molecule has 0 aliphatic carbocycles. The Balaban J connectivity index is 1.44. The number of aromatic nitrogens is 1. The normalized spacial score (nSPS) is 16.0. The summed E-state index contributed by atoms with van der Waals surface area (Å²) in [4.78, 5) is 19.3. The maximum absolute atomic E-state index is 12.8. The number of hydrogen-bond donors (Lipinski definition) is 0. The van der Waals surface area contributed by atoms with Gasteiger partial charge in [0, 0.05) is 22.7 Å². The number of carbonyl (C=O) groups excluding carboxylic acids is 1. The van der Waals surface area contributed by atoms with Crippen LogP contribution in [0.4, 0.5) is 5.69 Å². The van der Waals surface area contributed by atoms with Gasteiger partial charge in [0.05, 0.1) is 11.4 Å². The number of nitrogens with zero attached hydrogens (tertiary/aromatic N) is 2. The number of para-hydroxylation sites is 1. The van der Waals surface area contributed by atoms with Gasteiger partial charge in [-0.1, -0.05) is 60.3 Å². The molecule has 0 spiro atoms. The molecular weight excluding hydrogens is 348 g/mol. The van der Waals surface area contributed by atoms with Crippen LogP contribution in [0.1, 0.15) is 12.5 Å². The predicted molar refractivity (Wildman–Crippen MR) is 105 cm³/mol. The number of thioether (sulfide) groups is 1. The second kappa shape index (κ2) is 7.02. The van der Waals surface area contributed by atoms with Crippen molar-refractivity contribution in [1.29, 1.82) is 0 Å². The van der Waals surface area contributed by atoms with Gasteiger partial charge in [-0.3, -0.25) is 4.79 Å². The van der Waals surface area contributed by atoms with E-state index < -0.39 is 0 Å². The van der Waals surface area contributed by atoms with E-state index in [2.05, 4.69) is 35.5 Å². The minimum atomic E-state index is 0.152. The molecule has 3 aromatic rings. The standard InChI is InChI=1S/C20H18N2OS2/c1-14-11-16-9-5-6-10-18(16)22(14)19(23)13-25-20-21-17(12-24-20)15-7-3-2-4-8-15/h2-10,12,14H,11,13H2,1H3/t14-/m1/s1. The van der Waals surface area contributed by atoms with E-state index in [1.54, 1.807) is 11.3 Å². The summed E-state index contributed by atoms with van der Waals surface area (Å²) in [6, 6.07) is 18.5. The van der Waals surface area contributed by atoms with Crippen molar-refractivity contribution in [3.05, 3.63) is 65.5 Å². The van der Waals surface area contributed by atoms with Crippen LogP contribution in [-0.2, 0) is 11.2 Å². The Kier molecular flexibility index (Phi) is 4.59. The monoisotopic (exact) mass is 366 g/mol. The van der Waals surface area contributed by atoms with E-state index in [9.17, 15) is 4.79 Å². The molecule has 126 valence electrons. The lowest BCUT2D eigenvalue weighted by Gasteiger charge is -2.22. The fourth-order valence-corrected chi connectivity index (χ4v) is 4.90. The molecule has 0 radical (unpaired) electrons. The van der Waals surface area contributed by atoms with E-state index in [4.69, 9.17) is 0 Å². The molecule has 0 unspecified atom stereocenters. The molecule has 2 heterocycles. The van der Waals surface area contributed by atoms with Crippen LogP contribution in [-0.4, -0.2) is 22.7 Å². The van der Waals surface area contributed by atoms with Crippen molar-refractivity contribution in [2.24, 2.45) is 0 Å². The summed E-state index contributed by atoms with van der Waals surface area (Å²) in [5, 5.41) is 2.05. The molecule has 2 aromatic carbocycles. The first-order valence-corrected chi connectivity index (χ1v) is 10.1. The molecule has 1 atom stereocenters. The summed E-state index contributed by atoms with van der Waals surface area (Å²) < 4.78 is 0.937. The SMILES string of the molecule is C[C@@H]1Cc2ccccc2N1C(=O)CSc1nc(-c2ccccc2)cs1. The van der Waals surface area contributed by atoms with E-state index in [0.717, 1.165) is 27.7 Å². The number of thiazole rings is 1. The maximum atomic E-state index is 12.8. The van der Waals surface area contributed by atoms with Crippen molar-refractivity contribution in [1.82, 2.24) is 4.98 Å². The summed E-state index contributed by atoms with van der Waals surface area (Å²) in [7, 11) is 0. The molecule has 1 aliphatic heterocycles. The van der Waals surface area contributed by atoms with E-state index in [-0.39, 0.29) is 11.9 Å². The molecular formula is C20H18N2OS2. The molecule has 1 aliphatic rings. The number of amides is 1. The molecule has 1 amide bonds. The van der Waals surface area contributed by atoms with Crippen molar-refractivity contribution < 1.29 is 4.79 Å². The second-order valence-electron chi connectivity index (χ2n) is 6.10. The van der Waals surface area contributed by atoms with Gasteiger partial charge >= 0.3 is 0 Å². The molecule has 0 fully saturated rings. The van der Waals surface area contributed by atoms with Gasteiger partial charge in [0.1, 0.15) is 0 Å². The lowest BCUT2D eigenvalue weighted by atomic mass is 10.1. The van der Waals surface area contributed by atoms with Crippen LogP contribution >= 0.6 is 23.1 Å². The average Bonchev–Trinajstić information content (AvgIpc) is 3.24. The average molecular weight is 367 g/mol. The van der Waals surface area contributed by atoms with E-state index in [1.807, 2.05) is 41.3 Å². The van der Waals surface area contributed by atoms with E-state index in [0.29, 0.717) is 5.75 Å². The second-order valence-corrected chi connectivity index (χ2v) is 8.18. The first-order chi connectivity index (χ1) is 12.2. The Hall–Kier alpha value is -2.11. The molecule has 5 heteroatoms. The number of fused-ring (bicyclic) bond motifs is 1. The van der Waals surface area contributed by atoms with Crippen LogP contribution in [0.25, 0.3) is 11.3 Å². The van der Waals surface area contributed by atoms with Crippen LogP contribution in [0.5, 0.6) is 0 Å². The zero-order valence-corrected chi connectivity index (χ0v) is 15.5. The van der Waals surface area contributed by atoms with Crippen molar-refractivity contribution >= 4 is 34.7 Å². The molecule has 3 nitrogen and oxygen atoms in total. The molecule has 0 saturated heterocycles. The van der Waals surface area contributed by atoms with Gasteiger partial charge in [0.25, 0.3) is 0 Å². The molecule has 0 N–H and O–H groups in total. The lowest BCUT2D eigenvalue weighted by Crippen LogP contribution is -2.36. The van der Waals surface area contributed by atoms with Gasteiger partial charge < -0.3 is 4.90 Å². The number of benzene rings is 2. The lowest BCUT2D eigenvalue weighted by molar-refractivity contribution is -0.116. The number of carbonyl (C=O) groups is 1. The summed E-state index contributed by atoms with van der Waals surface area (Å²) >= 11 is 3.12. The number of rotatable bonds is 4.